The summed E-state index contributed by atoms with van der Waals surface area (Å²) in [5, 5.41) is 13.3. The number of nitrogens with one attached hydrogen (secondary N) is 2. The van der Waals surface area contributed by atoms with Gasteiger partial charge in [-0.3, -0.25) is 9.89 Å². The minimum Gasteiger partial charge on any atom is -0.344 e. The monoisotopic (exact) mass is 325 g/mol. The second-order valence-corrected chi connectivity index (χ2v) is 7.13. The minimum atomic E-state index is -0.0230. The van der Waals surface area contributed by atoms with E-state index in [4.69, 9.17) is 0 Å². The van der Waals surface area contributed by atoms with Crippen LogP contribution in [0.15, 0.2) is 41.9 Å². The number of carbonyl (C=O) groups is 1. The molecule has 0 spiro atoms. The summed E-state index contributed by atoms with van der Waals surface area (Å²) in [5.41, 5.74) is 1.47. The van der Waals surface area contributed by atoms with E-state index in [0.29, 0.717) is 11.5 Å². The molecule has 0 radical (unpaired) electrons. The Balaban J connectivity index is 1.63. The van der Waals surface area contributed by atoms with Crippen LogP contribution >= 0.6 is 11.3 Å². The second-order valence-electron chi connectivity index (χ2n) is 6.15. The second kappa shape index (κ2) is 6.16. The van der Waals surface area contributed by atoms with Crippen molar-refractivity contribution in [3.05, 3.63) is 52.3 Å². The standard InChI is InChI=1S/C18H19N3OS/c22-18(14-8-3-7-13-11-19-21-16(13)14)20-17(12-5-1-2-6-12)15-9-4-10-23-15/h3-4,7-12,17H,1-2,5-6H2,(H,19,21)(H,20,22)/t17-/m0/s1. The molecule has 1 amide bonds. The molecule has 2 N–H and O–H groups in total. The number of hydrogen-bond donors (Lipinski definition) is 2. The van der Waals surface area contributed by atoms with Crippen molar-refractivity contribution >= 4 is 28.1 Å². The zero-order chi connectivity index (χ0) is 15.6. The summed E-state index contributed by atoms with van der Waals surface area (Å²) in [6, 6.07) is 10.0. The van der Waals surface area contributed by atoms with Crippen molar-refractivity contribution < 1.29 is 4.79 Å². The fraction of sp³-hybridized carbons (Fsp3) is 0.333. The lowest BCUT2D eigenvalue weighted by Crippen LogP contribution is -2.32. The lowest BCUT2D eigenvalue weighted by atomic mass is 9.96. The molecule has 5 heteroatoms. The number of carbonyl (C=O) groups excluding carboxylic acids is 1. The van der Waals surface area contributed by atoms with Crippen molar-refractivity contribution in [2.45, 2.75) is 31.7 Å². The Kier molecular flexibility index (Phi) is 3.87. The molecule has 1 aromatic carbocycles. The Hall–Kier alpha value is -2.14. The number of H-pyrrole nitrogens is 1. The number of hydrogen-bond acceptors (Lipinski definition) is 3. The fourth-order valence-electron chi connectivity index (χ4n) is 3.56. The van der Waals surface area contributed by atoms with Gasteiger partial charge in [0.05, 0.1) is 23.3 Å². The highest BCUT2D eigenvalue weighted by Gasteiger charge is 2.29. The number of rotatable bonds is 4. The van der Waals surface area contributed by atoms with Crippen molar-refractivity contribution in [1.82, 2.24) is 15.5 Å². The van der Waals surface area contributed by atoms with Crippen LogP contribution in [0.1, 0.15) is 47.0 Å². The van der Waals surface area contributed by atoms with E-state index in [0.717, 1.165) is 10.9 Å². The highest BCUT2D eigenvalue weighted by molar-refractivity contribution is 7.10. The Morgan fingerprint density at radius 1 is 1.26 bits per heavy atom. The van der Waals surface area contributed by atoms with Crippen LogP contribution in [0.25, 0.3) is 10.9 Å². The number of benzene rings is 1. The average molecular weight is 325 g/mol. The van der Waals surface area contributed by atoms with E-state index in [1.54, 1.807) is 17.5 Å². The van der Waals surface area contributed by atoms with Crippen LogP contribution < -0.4 is 5.32 Å². The highest BCUT2D eigenvalue weighted by atomic mass is 32.1. The van der Waals surface area contributed by atoms with Crippen molar-refractivity contribution in [2.75, 3.05) is 0 Å². The molecule has 4 rings (SSSR count). The van der Waals surface area contributed by atoms with Gasteiger partial charge in [-0.25, -0.2) is 0 Å². The summed E-state index contributed by atoms with van der Waals surface area (Å²) < 4.78 is 0. The van der Waals surface area contributed by atoms with Gasteiger partial charge in [0.1, 0.15) is 0 Å². The van der Waals surface area contributed by atoms with E-state index in [2.05, 4.69) is 33.0 Å². The van der Waals surface area contributed by atoms with Crippen LogP contribution in [-0.2, 0) is 0 Å². The molecular weight excluding hydrogens is 306 g/mol. The number of nitrogens with zero attached hydrogens (tertiary/aromatic N) is 1. The van der Waals surface area contributed by atoms with E-state index in [9.17, 15) is 4.79 Å². The molecule has 2 aromatic heterocycles. The molecule has 1 atom stereocenters. The summed E-state index contributed by atoms with van der Waals surface area (Å²) in [6.07, 6.45) is 6.66. The quantitative estimate of drug-likeness (QED) is 0.752. The van der Waals surface area contributed by atoms with E-state index in [1.807, 2.05) is 18.2 Å². The SMILES string of the molecule is O=C(N[C@H](c1cccs1)C1CCCC1)c1cccc2cn[nH]c12. The van der Waals surface area contributed by atoms with Crippen LogP contribution in [0.3, 0.4) is 0 Å². The van der Waals surface area contributed by atoms with E-state index in [-0.39, 0.29) is 11.9 Å². The predicted octanol–water partition coefficient (Wildman–Crippen LogP) is 4.29. The molecule has 0 bridgehead atoms. The third-order valence-corrected chi connectivity index (χ3v) is 5.68. The van der Waals surface area contributed by atoms with Crippen LogP contribution in [0.4, 0.5) is 0 Å². The average Bonchev–Trinajstić information content (AvgIpc) is 3.34. The lowest BCUT2D eigenvalue weighted by Gasteiger charge is -2.24. The first-order chi connectivity index (χ1) is 11.3. The molecule has 1 aliphatic carbocycles. The molecule has 1 aliphatic rings. The van der Waals surface area contributed by atoms with Gasteiger partial charge in [0, 0.05) is 10.3 Å². The van der Waals surface area contributed by atoms with E-state index >= 15 is 0 Å². The van der Waals surface area contributed by atoms with E-state index < -0.39 is 0 Å². The summed E-state index contributed by atoms with van der Waals surface area (Å²) in [5.74, 6) is 0.517. The third-order valence-electron chi connectivity index (χ3n) is 4.73. The zero-order valence-electron chi connectivity index (χ0n) is 12.8. The van der Waals surface area contributed by atoms with Gasteiger partial charge in [0.2, 0.25) is 0 Å². The summed E-state index contributed by atoms with van der Waals surface area (Å²) in [7, 11) is 0. The Labute approximate surface area is 138 Å². The first-order valence-electron chi connectivity index (χ1n) is 8.09. The number of thiophene rings is 1. The van der Waals surface area contributed by atoms with Crippen molar-refractivity contribution in [3.8, 4) is 0 Å². The fourth-order valence-corrected chi connectivity index (χ4v) is 4.43. The molecular formula is C18H19N3OS. The maximum atomic E-state index is 12.9. The molecule has 4 nitrogen and oxygen atoms in total. The van der Waals surface area contributed by atoms with Gasteiger partial charge in [-0.2, -0.15) is 5.10 Å². The topological polar surface area (TPSA) is 57.8 Å². The van der Waals surface area contributed by atoms with Crippen LogP contribution in [0.2, 0.25) is 0 Å². The maximum absolute atomic E-state index is 12.9. The molecule has 2 heterocycles. The van der Waals surface area contributed by atoms with Gasteiger partial charge in [-0.1, -0.05) is 31.0 Å². The molecule has 0 unspecified atom stereocenters. The zero-order valence-corrected chi connectivity index (χ0v) is 13.6. The summed E-state index contributed by atoms with van der Waals surface area (Å²) in [4.78, 5) is 14.1. The molecule has 0 aliphatic heterocycles. The minimum absolute atomic E-state index is 0.0230. The molecule has 1 saturated carbocycles. The first kappa shape index (κ1) is 14.5. The van der Waals surface area contributed by atoms with Gasteiger partial charge in [0.15, 0.2) is 0 Å². The Bertz CT molecular complexity index is 803. The van der Waals surface area contributed by atoms with Gasteiger partial charge >= 0.3 is 0 Å². The smallest absolute Gasteiger partial charge is 0.253 e. The maximum Gasteiger partial charge on any atom is 0.253 e. The van der Waals surface area contributed by atoms with Crippen molar-refractivity contribution in [3.63, 3.8) is 0 Å². The molecule has 118 valence electrons. The van der Waals surface area contributed by atoms with Crippen LogP contribution in [0.5, 0.6) is 0 Å². The van der Waals surface area contributed by atoms with Gasteiger partial charge < -0.3 is 5.32 Å². The predicted molar refractivity (Wildman–Crippen MR) is 92.6 cm³/mol. The van der Waals surface area contributed by atoms with E-state index in [1.165, 1.54) is 30.6 Å². The van der Waals surface area contributed by atoms with Crippen molar-refractivity contribution in [2.24, 2.45) is 5.92 Å². The number of aromatic amines is 1. The molecule has 3 aromatic rings. The summed E-state index contributed by atoms with van der Waals surface area (Å²) in [6.45, 7) is 0. The Morgan fingerprint density at radius 3 is 2.91 bits per heavy atom. The molecule has 1 fully saturated rings. The number of para-hydroxylation sites is 1. The first-order valence-corrected chi connectivity index (χ1v) is 8.97. The Morgan fingerprint density at radius 2 is 2.13 bits per heavy atom. The van der Waals surface area contributed by atoms with Crippen LogP contribution in [0, 0.1) is 5.92 Å². The van der Waals surface area contributed by atoms with Gasteiger partial charge in [-0.15, -0.1) is 11.3 Å². The number of amides is 1. The summed E-state index contributed by atoms with van der Waals surface area (Å²) >= 11 is 1.73. The third kappa shape index (κ3) is 2.77. The largest absolute Gasteiger partial charge is 0.344 e. The number of aromatic nitrogens is 2. The molecule has 23 heavy (non-hydrogen) atoms. The van der Waals surface area contributed by atoms with Crippen molar-refractivity contribution in [1.29, 1.82) is 0 Å². The van der Waals surface area contributed by atoms with Crippen LogP contribution in [-0.4, -0.2) is 16.1 Å². The normalized spacial score (nSPS) is 16.7. The highest BCUT2D eigenvalue weighted by Crippen LogP contribution is 2.37. The van der Waals surface area contributed by atoms with Gasteiger partial charge in [0.25, 0.3) is 5.91 Å². The molecule has 0 saturated heterocycles. The number of fused-ring (bicyclic) bond motifs is 1. The van der Waals surface area contributed by atoms with Gasteiger partial charge in [-0.05, 0) is 36.3 Å². The lowest BCUT2D eigenvalue weighted by molar-refractivity contribution is 0.0924.